The third-order valence-corrected chi connectivity index (χ3v) is 12.3. The standard InChI is InChI=1S/C42H52ClN5O4/c1-28(27-52-38-13-18-45-37-9-4-6-29(2)39(37)38)22-31-23-30-10-11-35(51-21-20-44-26-34-12-19-46-48(34)3)25-36(30)41(31)14-16-42(17-15-41,40(49)50)47-33-8-5-7-32(43)24-33/h5,7-8,10-13,18-19,24-25,28-29,31,44,47H,4,6,9,14-17,20-23,26-27H2,1-3H3,(H,49,50)/t28-,29-,31?,41?,42?/m1/s1. The topological polar surface area (TPSA) is 111 Å². The van der Waals surface area contributed by atoms with Gasteiger partial charge in [0.15, 0.2) is 0 Å². The van der Waals surface area contributed by atoms with Gasteiger partial charge >= 0.3 is 5.97 Å². The van der Waals surface area contributed by atoms with Crippen LogP contribution in [-0.4, -0.2) is 51.1 Å². The van der Waals surface area contributed by atoms with Gasteiger partial charge in [0.1, 0.15) is 23.6 Å². The third kappa shape index (κ3) is 7.53. The van der Waals surface area contributed by atoms with Gasteiger partial charge in [-0.3, -0.25) is 9.67 Å². The number of aromatic nitrogens is 3. The Morgan fingerprint density at radius 1 is 1.10 bits per heavy atom. The second-order valence-electron chi connectivity index (χ2n) is 15.5. The van der Waals surface area contributed by atoms with Crippen molar-refractivity contribution >= 4 is 23.3 Å². The fourth-order valence-electron chi connectivity index (χ4n) is 9.20. The Hall–Kier alpha value is -4.08. The number of aryl methyl sites for hydroxylation is 2. The summed E-state index contributed by atoms with van der Waals surface area (Å²) < 4.78 is 14.8. The molecule has 1 spiro atoms. The van der Waals surface area contributed by atoms with Crippen LogP contribution in [0.3, 0.4) is 0 Å². The van der Waals surface area contributed by atoms with Crippen molar-refractivity contribution in [3.05, 3.63) is 100 Å². The lowest BCUT2D eigenvalue weighted by Crippen LogP contribution is -2.53. The molecule has 276 valence electrons. The molecule has 0 aliphatic heterocycles. The Morgan fingerprint density at radius 3 is 2.71 bits per heavy atom. The molecule has 4 aromatic rings. The van der Waals surface area contributed by atoms with Gasteiger partial charge in [0, 0.05) is 54.5 Å². The number of hydrogen-bond donors (Lipinski definition) is 3. The van der Waals surface area contributed by atoms with Crippen LogP contribution in [0.25, 0.3) is 0 Å². The average Bonchev–Trinajstić information content (AvgIpc) is 3.67. The monoisotopic (exact) mass is 725 g/mol. The summed E-state index contributed by atoms with van der Waals surface area (Å²) in [6.07, 6.45) is 11.6. The summed E-state index contributed by atoms with van der Waals surface area (Å²) in [4.78, 5) is 17.7. The van der Waals surface area contributed by atoms with Crippen molar-refractivity contribution in [2.45, 2.75) is 95.1 Å². The molecule has 9 nitrogen and oxygen atoms in total. The van der Waals surface area contributed by atoms with Crippen molar-refractivity contribution in [2.24, 2.45) is 18.9 Å². The summed E-state index contributed by atoms with van der Waals surface area (Å²) in [5, 5.41) is 22.3. The van der Waals surface area contributed by atoms with Gasteiger partial charge in [-0.15, -0.1) is 0 Å². The van der Waals surface area contributed by atoms with Crippen LogP contribution in [-0.2, 0) is 36.6 Å². The van der Waals surface area contributed by atoms with Crippen LogP contribution in [0.4, 0.5) is 5.69 Å². The Labute approximate surface area is 312 Å². The average molecular weight is 726 g/mol. The van der Waals surface area contributed by atoms with Crippen molar-refractivity contribution in [3.8, 4) is 11.5 Å². The second kappa shape index (κ2) is 15.5. The number of benzene rings is 2. The number of ether oxygens (including phenoxy) is 2. The minimum atomic E-state index is -1.07. The molecule has 1 unspecified atom stereocenters. The van der Waals surface area contributed by atoms with E-state index in [4.69, 9.17) is 21.1 Å². The molecular weight excluding hydrogens is 674 g/mol. The lowest BCUT2D eigenvalue weighted by molar-refractivity contribution is -0.144. The van der Waals surface area contributed by atoms with E-state index in [1.165, 1.54) is 35.2 Å². The zero-order chi connectivity index (χ0) is 36.3. The molecule has 2 aromatic carbocycles. The second-order valence-corrected chi connectivity index (χ2v) is 15.9. The smallest absolute Gasteiger partial charge is 0.329 e. The lowest BCUT2D eigenvalue weighted by Gasteiger charge is -2.47. The highest BCUT2D eigenvalue weighted by Crippen LogP contribution is 2.56. The summed E-state index contributed by atoms with van der Waals surface area (Å²) in [6, 6.07) is 18.0. The molecule has 2 heterocycles. The van der Waals surface area contributed by atoms with Crippen molar-refractivity contribution in [3.63, 3.8) is 0 Å². The zero-order valence-electron chi connectivity index (χ0n) is 30.7. The number of nitrogens with one attached hydrogen (secondary N) is 2. The fraction of sp³-hybridized carbons (Fsp3) is 0.500. The summed E-state index contributed by atoms with van der Waals surface area (Å²) in [7, 11) is 1.95. The van der Waals surface area contributed by atoms with Gasteiger partial charge < -0.3 is 25.2 Å². The van der Waals surface area contributed by atoms with E-state index in [2.05, 4.69) is 52.8 Å². The normalized spacial score (nSPS) is 24.2. The Morgan fingerprint density at radius 2 is 1.94 bits per heavy atom. The van der Waals surface area contributed by atoms with Crippen LogP contribution in [0, 0.1) is 11.8 Å². The largest absolute Gasteiger partial charge is 0.493 e. The number of halogens is 1. The van der Waals surface area contributed by atoms with Gasteiger partial charge in [0.25, 0.3) is 0 Å². The predicted octanol–water partition coefficient (Wildman–Crippen LogP) is 8.10. The quantitative estimate of drug-likeness (QED) is 0.112. The molecule has 3 atom stereocenters. The van der Waals surface area contributed by atoms with Crippen LogP contribution in [0.2, 0.25) is 5.02 Å². The number of carboxylic acid groups (broad SMARTS) is 1. The van der Waals surface area contributed by atoms with Crippen molar-refractivity contribution < 1.29 is 19.4 Å². The van der Waals surface area contributed by atoms with Crippen LogP contribution < -0.4 is 20.1 Å². The van der Waals surface area contributed by atoms with E-state index in [1.807, 2.05) is 60.5 Å². The molecule has 3 N–H and O–H groups in total. The number of pyridine rings is 1. The molecule has 1 fully saturated rings. The fourth-order valence-corrected chi connectivity index (χ4v) is 9.39. The van der Waals surface area contributed by atoms with Crippen LogP contribution in [0.1, 0.15) is 92.8 Å². The molecule has 3 aliphatic rings. The third-order valence-electron chi connectivity index (χ3n) is 12.0. The summed E-state index contributed by atoms with van der Waals surface area (Å²) in [5.41, 5.74) is 5.79. The Balaban J connectivity index is 1.08. The highest BCUT2D eigenvalue weighted by molar-refractivity contribution is 6.30. The molecule has 52 heavy (non-hydrogen) atoms. The first-order valence-electron chi connectivity index (χ1n) is 19.0. The molecule has 1 saturated carbocycles. The van der Waals surface area contributed by atoms with E-state index in [9.17, 15) is 9.90 Å². The van der Waals surface area contributed by atoms with Gasteiger partial charge in [0.2, 0.25) is 0 Å². The number of aliphatic carboxylic acids is 1. The first-order valence-corrected chi connectivity index (χ1v) is 19.3. The maximum atomic E-state index is 13.0. The number of anilines is 1. The maximum Gasteiger partial charge on any atom is 0.329 e. The Bertz CT molecular complexity index is 1870. The molecule has 10 heteroatoms. The molecule has 0 amide bonds. The first-order chi connectivity index (χ1) is 25.2. The van der Waals surface area contributed by atoms with Gasteiger partial charge in [-0.25, -0.2) is 4.79 Å². The van der Waals surface area contributed by atoms with Crippen LogP contribution >= 0.6 is 11.6 Å². The number of rotatable bonds is 14. The van der Waals surface area contributed by atoms with Crippen molar-refractivity contribution in [1.82, 2.24) is 20.1 Å². The van der Waals surface area contributed by atoms with Gasteiger partial charge in [-0.2, -0.15) is 5.10 Å². The summed E-state index contributed by atoms with van der Waals surface area (Å²) in [6.45, 7) is 7.21. The molecule has 3 aliphatic carbocycles. The molecular formula is C42H52ClN5O4. The van der Waals surface area contributed by atoms with E-state index < -0.39 is 11.5 Å². The van der Waals surface area contributed by atoms with Crippen LogP contribution in [0.5, 0.6) is 11.5 Å². The minimum absolute atomic E-state index is 0.153. The summed E-state index contributed by atoms with van der Waals surface area (Å²) >= 11 is 6.29. The molecule has 2 aromatic heterocycles. The van der Waals surface area contributed by atoms with E-state index in [1.54, 1.807) is 0 Å². The predicted molar refractivity (Wildman–Crippen MR) is 204 cm³/mol. The Kier molecular flexibility index (Phi) is 10.8. The SMILES string of the molecule is C[C@@H](COc1ccnc2c1[C@H](C)CCC2)CC1Cc2ccc(OCCNCc3ccnn3C)cc2C12CCC(Nc1cccc(Cl)c1)(C(=O)O)CC2. The van der Waals surface area contributed by atoms with Gasteiger partial charge in [-0.1, -0.05) is 37.6 Å². The number of carbonyl (C=O) groups is 1. The van der Waals surface area contributed by atoms with E-state index in [0.29, 0.717) is 55.4 Å². The first kappa shape index (κ1) is 36.3. The number of nitrogens with zero attached hydrogens (tertiary/aromatic N) is 3. The number of carboxylic acids is 1. The van der Waals surface area contributed by atoms with Gasteiger partial charge in [0.05, 0.1) is 12.3 Å². The van der Waals surface area contributed by atoms with E-state index in [0.717, 1.165) is 61.5 Å². The lowest BCUT2D eigenvalue weighted by atomic mass is 9.59. The molecule has 0 saturated heterocycles. The molecule has 7 rings (SSSR count). The molecule has 0 radical (unpaired) electrons. The highest BCUT2D eigenvalue weighted by Gasteiger charge is 2.54. The van der Waals surface area contributed by atoms with E-state index in [-0.39, 0.29) is 5.41 Å². The summed E-state index contributed by atoms with van der Waals surface area (Å²) in [5.74, 6) is 2.17. The zero-order valence-corrected chi connectivity index (χ0v) is 31.4. The number of hydrogen-bond acceptors (Lipinski definition) is 7. The molecule has 0 bridgehead atoms. The number of fused-ring (bicyclic) bond motifs is 3. The van der Waals surface area contributed by atoms with Crippen molar-refractivity contribution in [2.75, 3.05) is 25.1 Å². The highest BCUT2D eigenvalue weighted by atomic mass is 35.5. The van der Waals surface area contributed by atoms with E-state index >= 15 is 0 Å². The van der Waals surface area contributed by atoms with Gasteiger partial charge in [-0.05, 0) is 135 Å². The minimum Gasteiger partial charge on any atom is -0.493 e. The van der Waals surface area contributed by atoms with Crippen LogP contribution in [0.15, 0.2) is 67.0 Å². The van der Waals surface area contributed by atoms with Crippen molar-refractivity contribution in [1.29, 1.82) is 0 Å². The maximum absolute atomic E-state index is 13.0.